The van der Waals surface area contributed by atoms with E-state index in [1.165, 1.54) is 0 Å². The first-order valence-corrected chi connectivity index (χ1v) is 6.55. The zero-order chi connectivity index (χ0) is 13.8. The van der Waals surface area contributed by atoms with Gasteiger partial charge in [-0.1, -0.05) is 0 Å². The summed E-state index contributed by atoms with van der Waals surface area (Å²) >= 11 is 0. The van der Waals surface area contributed by atoms with E-state index < -0.39 is 0 Å². The molecule has 1 aromatic heterocycles. The maximum absolute atomic E-state index is 12.0. The van der Waals surface area contributed by atoms with Gasteiger partial charge in [0.15, 0.2) is 0 Å². The van der Waals surface area contributed by atoms with E-state index >= 15 is 0 Å². The molecule has 1 saturated heterocycles. The molecule has 1 fully saturated rings. The highest BCUT2D eigenvalue weighted by molar-refractivity contribution is 5.74. The fourth-order valence-corrected chi connectivity index (χ4v) is 2.38. The van der Waals surface area contributed by atoms with E-state index in [1.807, 2.05) is 18.0 Å². The summed E-state index contributed by atoms with van der Waals surface area (Å²) in [7, 11) is 5.42. The van der Waals surface area contributed by atoms with E-state index in [1.54, 1.807) is 31.4 Å². The van der Waals surface area contributed by atoms with Crippen LogP contribution in [0.5, 0.6) is 0 Å². The molecule has 2 rings (SSSR count). The minimum absolute atomic E-state index is 0.0424. The topological polar surface area (TPSA) is 52.6 Å². The van der Waals surface area contributed by atoms with Crippen molar-refractivity contribution in [2.45, 2.75) is 18.9 Å². The lowest BCUT2D eigenvalue weighted by Gasteiger charge is -2.38. The van der Waals surface area contributed by atoms with Crippen LogP contribution in [0.2, 0.25) is 0 Å². The molecule has 6 heteroatoms. The Morgan fingerprint density at radius 1 is 1.32 bits per heavy atom. The summed E-state index contributed by atoms with van der Waals surface area (Å²) in [6, 6.07) is 2.07. The van der Waals surface area contributed by atoms with Crippen molar-refractivity contribution in [2.24, 2.45) is 0 Å². The predicted octanol–water partition coefficient (Wildman–Crippen LogP) is 1.06. The Morgan fingerprint density at radius 2 is 2.00 bits per heavy atom. The van der Waals surface area contributed by atoms with Gasteiger partial charge in [0, 0.05) is 46.6 Å². The molecular weight excluding hydrogens is 242 g/mol. The van der Waals surface area contributed by atoms with Crippen molar-refractivity contribution in [3.8, 4) is 0 Å². The first kappa shape index (κ1) is 13.6. The molecule has 6 nitrogen and oxygen atoms in total. The van der Waals surface area contributed by atoms with E-state index in [-0.39, 0.29) is 12.1 Å². The number of hydrogen-bond acceptors (Lipinski definition) is 4. The molecule has 1 atom stereocenters. The second-order valence-electron chi connectivity index (χ2n) is 5.08. The lowest BCUT2D eigenvalue weighted by molar-refractivity contribution is 0.157. The lowest BCUT2D eigenvalue weighted by atomic mass is 10.1. The van der Waals surface area contributed by atoms with Crippen LogP contribution in [0.25, 0.3) is 0 Å². The Hall–Kier alpha value is -1.85. The Balaban J connectivity index is 2.03. The first-order chi connectivity index (χ1) is 9.09. The van der Waals surface area contributed by atoms with Crippen LogP contribution in [0.15, 0.2) is 18.5 Å². The van der Waals surface area contributed by atoms with E-state index in [0.29, 0.717) is 0 Å². The van der Waals surface area contributed by atoms with Crippen LogP contribution in [0.1, 0.15) is 12.8 Å². The molecular formula is C13H21N5O. The van der Waals surface area contributed by atoms with Gasteiger partial charge in [-0.15, -0.1) is 0 Å². The Labute approximate surface area is 114 Å². The van der Waals surface area contributed by atoms with Gasteiger partial charge in [0.1, 0.15) is 0 Å². The molecule has 0 radical (unpaired) electrons. The Morgan fingerprint density at radius 3 is 2.63 bits per heavy atom. The molecule has 0 N–H and O–H groups in total. The number of carbonyl (C=O) groups excluding carboxylic acids is 1. The number of likely N-dealkylation sites (N-methyl/N-ethyl adjacent to an activating group) is 1. The van der Waals surface area contributed by atoms with Crippen LogP contribution in [0.4, 0.5) is 10.7 Å². The van der Waals surface area contributed by atoms with Crippen molar-refractivity contribution in [2.75, 3.05) is 39.1 Å². The summed E-state index contributed by atoms with van der Waals surface area (Å²) in [4.78, 5) is 26.1. The number of carbonyl (C=O) groups is 1. The van der Waals surface area contributed by atoms with Crippen LogP contribution in [0.3, 0.4) is 0 Å². The van der Waals surface area contributed by atoms with Crippen LogP contribution in [0, 0.1) is 0 Å². The quantitative estimate of drug-likeness (QED) is 0.800. The van der Waals surface area contributed by atoms with E-state index in [0.717, 1.165) is 31.9 Å². The van der Waals surface area contributed by atoms with Crippen molar-refractivity contribution >= 4 is 12.0 Å². The number of urea groups is 1. The molecule has 0 aliphatic carbocycles. The molecule has 1 aromatic rings. The molecule has 0 bridgehead atoms. The van der Waals surface area contributed by atoms with E-state index in [2.05, 4.69) is 14.9 Å². The average Bonchev–Trinajstić information content (AvgIpc) is 2.46. The van der Waals surface area contributed by atoms with Crippen LogP contribution >= 0.6 is 0 Å². The fourth-order valence-electron chi connectivity index (χ4n) is 2.38. The smallest absolute Gasteiger partial charge is 0.319 e. The summed E-state index contributed by atoms with van der Waals surface area (Å²) < 4.78 is 0. The summed E-state index contributed by atoms with van der Waals surface area (Å²) in [5, 5.41) is 0. The summed E-state index contributed by atoms with van der Waals surface area (Å²) in [6.07, 6.45) is 5.58. The minimum Gasteiger partial charge on any atom is -0.339 e. The monoisotopic (exact) mass is 263 g/mol. The third-order valence-electron chi connectivity index (χ3n) is 3.46. The van der Waals surface area contributed by atoms with Crippen LogP contribution in [-0.4, -0.2) is 66.1 Å². The predicted molar refractivity (Wildman–Crippen MR) is 74.1 cm³/mol. The van der Waals surface area contributed by atoms with Gasteiger partial charge in [0.25, 0.3) is 0 Å². The van der Waals surface area contributed by atoms with Crippen LogP contribution in [-0.2, 0) is 0 Å². The molecule has 2 amide bonds. The lowest BCUT2D eigenvalue weighted by Crippen LogP contribution is -2.51. The molecule has 0 spiro atoms. The number of aromatic nitrogens is 2. The number of hydrogen-bond donors (Lipinski definition) is 0. The van der Waals surface area contributed by atoms with Gasteiger partial charge in [-0.25, -0.2) is 14.8 Å². The highest BCUT2D eigenvalue weighted by Crippen LogP contribution is 2.19. The van der Waals surface area contributed by atoms with Gasteiger partial charge in [0.05, 0.1) is 6.04 Å². The molecule has 1 aliphatic rings. The van der Waals surface area contributed by atoms with Gasteiger partial charge in [-0.3, -0.25) is 0 Å². The van der Waals surface area contributed by atoms with Crippen molar-refractivity contribution in [1.29, 1.82) is 0 Å². The fraction of sp³-hybridized carbons (Fsp3) is 0.615. The van der Waals surface area contributed by atoms with Gasteiger partial charge < -0.3 is 14.7 Å². The maximum atomic E-state index is 12.0. The van der Waals surface area contributed by atoms with Crippen molar-refractivity contribution in [3.63, 3.8) is 0 Å². The third kappa shape index (κ3) is 3.13. The molecule has 0 saturated carbocycles. The minimum atomic E-state index is 0.0424. The number of piperidine rings is 1. The van der Waals surface area contributed by atoms with Crippen molar-refractivity contribution in [1.82, 2.24) is 19.8 Å². The largest absolute Gasteiger partial charge is 0.339 e. The summed E-state index contributed by atoms with van der Waals surface area (Å²) in [6.45, 7) is 1.74. The zero-order valence-electron chi connectivity index (χ0n) is 11.8. The average molecular weight is 263 g/mol. The molecule has 0 aromatic carbocycles. The second-order valence-corrected chi connectivity index (χ2v) is 5.08. The normalized spacial score (nSPS) is 19.1. The van der Waals surface area contributed by atoms with E-state index in [9.17, 15) is 4.79 Å². The first-order valence-electron chi connectivity index (χ1n) is 6.55. The standard InChI is InChI=1S/C13H21N5O/c1-16(2)13(19)17(3)11-6-4-9-18(10-11)12-14-7-5-8-15-12/h5,7-8,11H,4,6,9-10H2,1-3H3. The SMILES string of the molecule is CN(C)C(=O)N(C)C1CCCN(c2ncccn2)C1. The Kier molecular flexibility index (Phi) is 4.19. The highest BCUT2D eigenvalue weighted by Gasteiger charge is 2.27. The van der Waals surface area contributed by atoms with Gasteiger partial charge in [-0.2, -0.15) is 0 Å². The Bertz CT molecular complexity index is 422. The van der Waals surface area contributed by atoms with Crippen molar-refractivity contribution < 1.29 is 4.79 Å². The van der Waals surface area contributed by atoms with Gasteiger partial charge >= 0.3 is 6.03 Å². The summed E-state index contributed by atoms with van der Waals surface area (Å²) in [5.41, 5.74) is 0. The molecule has 1 unspecified atom stereocenters. The highest BCUT2D eigenvalue weighted by atomic mass is 16.2. The molecule has 2 heterocycles. The second kappa shape index (κ2) is 5.86. The number of rotatable bonds is 2. The van der Waals surface area contributed by atoms with E-state index in [4.69, 9.17) is 0 Å². The number of nitrogens with zero attached hydrogens (tertiary/aromatic N) is 5. The van der Waals surface area contributed by atoms with Gasteiger partial charge in [0.2, 0.25) is 5.95 Å². The summed E-state index contributed by atoms with van der Waals surface area (Å²) in [5.74, 6) is 0.748. The third-order valence-corrected chi connectivity index (χ3v) is 3.46. The maximum Gasteiger partial charge on any atom is 0.319 e. The number of anilines is 1. The van der Waals surface area contributed by atoms with Crippen LogP contribution < -0.4 is 4.90 Å². The zero-order valence-corrected chi connectivity index (χ0v) is 11.8. The molecule has 1 aliphatic heterocycles. The van der Waals surface area contributed by atoms with Gasteiger partial charge in [-0.05, 0) is 18.9 Å². The number of amides is 2. The molecule has 19 heavy (non-hydrogen) atoms. The molecule has 104 valence electrons. The van der Waals surface area contributed by atoms with Crippen molar-refractivity contribution in [3.05, 3.63) is 18.5 Å².